The maximum Gasteiger partial charge on any atom is 0.321 e. The molecule has 0 spiro atoms. The third-order valence-corrected chi connectivity index (χ3v) is 4.22. The number of carboxylic acids is 1. The van der Waals surface area contributed by atoms with Crippen LogP contribution in [0.4, 0.5) is 0 Å². The summed E-state index contributed by atoms with van der Waals surface area (Å²) < 4.78 is 15.9. The summed E-state index contributed by atoms with van der Waals surface area (Å²) in [5.74, 6) is -0.165. The van der Waals surface area contributed by atoms with Crippen molar-refractivity contribution in [3.63, 3.8) is 0 Å². The molecule has 0 bridgehead atoms. The first-order valence-corrected chi connectivity index (χ1v) is 6.56. The largest absolute Gasteiger partial charge is 0.493 e. The van der Waals surface area contributed by atoms with E-state index in [1.54, 1.807) is 12.1 Å². The number of carbonyl (C=O) groups is 1. The molecule has 0 aliphatic heterocycles. The first-order chi connectivity index (χ1) is 7.94. The fourth-order valence-electron chi connectivity index (χ4n) is 1.10. The van der Waals surface area contributed by atoms with Gasteiger partial charge in [-0.25, -0.2) is 0 Å². The summed E-state index contributed by atoms with van der Waals surface area (Å²) in [7, 11) is -1.46. The molecule has 1 aromatic rings. The van der Waals surface area contributed by atoms with Crippen molar-refractivity contribution in [2.75, 3.05) is 12.4 Å². The number of carboxylic acid groups (broad SMARTS) is 1. The van der Waals surface area contributed by atoms with Gasteiger partial charge in [-0.1, -0.05) is 18.2 Å². The zero-order valence-corrected chi connectivity index (χ0v) is 10.7. The van der Waals surface area contributed by atoms with E-state index in [-0.39, 0.29) is 12.4 Å². The highest BCUT2D eigenvalue weighted by atomic mass is 32.2. The summed E-state index contributed by atoms with van der Waals surface area (Å²) in [6.45, 7) is 3.15. The number of hydrogen-bond acceptors (Lipinski definition) is 3. The maximum absolute atomic E-state index is 11.7. The lowest BCUT2D eigenvalue weighted by molar-refractivity contribution is -0.139. The predicted molar refractivity (Wildman–Crippen MR) is 66.7 cm³/mol. The van der Waals surface area contributed by atoms with Gasteiger partial charge in [0.15, 0.2) is 0 Å². The standard InChI is InChI=1S/C12H16O4S/c1-12(2,11(13)14)17(15)9-8-16-10-6-4-3-5-7-10/h3-7H,8-9H2,1-2H3,(H,13,14). The van der Waals surface area contributed by atoms with Crippen LogP contribution >= 0.6 is 0 Å². The molecular formula is C12H16O4S. The van der Waals surface area contributed by atoms with Crippen molar-refractivity contribution in [2.45, 2.75) is 18.6 Å². The Morgan fingerprint density at radius 2 is 1.94 bits per heavy atom. The van der Waals surface area contributed by atoms with Gasteiger partial charge in [-0.3, -0.25) is 9.00 Å². The number of aliphatic carboxylic acids is 1. The molecule has 0 aromatic heterocycles. The molecule has 0 amide bonds. The quantitative estimate of drug-likeness (QED) is 0.841. The van der Waals surface area contributed by atoms with E-state index in [0.717, 1.165) is 0 Å². The van der Waals surface area contributed by atoms with Crippen LogP contribution in [0.1, 0.15) is 13.8 Å². The van der Waals surface area contributed by atoms with Crippen molar-refractivity contribution < 1.29 is 18.8 Å². The number of rotatable bonds is 6. The van der Waals surface area contributed by atoms with E-state index >= 15 is 0 Å². The summed E-state index contributed by atoms with van der Waals surface area (Å²) in [5.41, 5.74) is 0. The average molecular weight is 256 g/mol. The summed E-state index contributed by atoms with van der Waals surface area (Å²) >= 11 is 0. The molecule has 0 saturated carbocycles. The number of benzene rings is 1. The van der Waals surface area contributed by atoms with Gasteiger partial charge in [0.2, 0.25) is 0 Å². The molecule has 1 atom stereocenters. The Morgan fingerprint density at radius 3 is 2.47 bits per heavy atom. The van der Waals surface area contributed by atoms with Crippen LogP contribution in [0.25, 0.3) is 0 Å². The van der Waals surface area contributed by atoms with Crippen LogP contribution < -0.4 is 4.74 Å². The van der Waals surface area contributed by atoms with Gasteiger partial charge in [0, 0.05) is 10.8 Å². The summed E-state index contributed by atoms with van der Waals surface area (Å²) in [5, 5.41) is 8.89. The van der Waals surface area contributed by atoms with E-state index in [2.05, 4.69) is 0 Å². The SMILES string of the molecule is CC(C)(C(=O)O)S(=O)CCOc1ccccc1. The average Bonchev–Trinajstić information content (AvgIpc) is 2.30. The van der Waals surface area contributed by atoms with Crippen molar-refractivity contribution in [3.8, 4) is 5.75 Å². The molecule has 1 rings (SSSR count). The van der Waals surface area contributed by atoms with Gasteiger partial charge >= 0.3 is 5.97 Å². The van der Waals surface area contributed by atoms with E-state index in [4.69, 9.17) is 9.84 Å². The normalized spacial score (nSPS) is 13.1. The number of ether oxygens (including phenoxy) is 1. The summed E-state index contributed by atoms with van der Waals surface area (Å²) in [4.78, 5) is 10.9. The molecule has 0 aliphatic carbocycles. The lowest BCUT2D eigenvalue weighted by Crippen LogP contribution is -2.38. The molecule has 5 heteroatoms. The Morgan fingerprint density at radius 1 is 1.35 bits per heavy atom. The molecule has 0 saturated heterocycles. The Hall–Kier alpha value is -1.36. The molecule has 0 fully saturated rings. The molecule has 17 heavy (non-hydrogen) atoms. The molecule has 1 N–H and O–H groups in total. The van der Waals surface area contributed by atoms with Crippen molar-refractivity contribution in [3.05, 3.63) is 30.3 Å². The Bertz CT molecular complexity index is 400. The van der Waals surface area contributed by atoms with E-state index in [1.807, 2.05) is 18.2 Å². The smallest absolute Gasteiger partial charge is 0.321 e. The van der Waals surface area contributed by atoms with E-state index < -0.39 is 21.5 Å². The minimum Gasteiger partial charge on any atom is -0.493 e. The number of para-hydroxylation sites is 1. The Labute approximate surface area is 103 Å². The van der Waals surface area contributed by atoms with Crippen LogP contribution in [0.2, 0.25) is 0 Å². The van der Waals surface area contributed by atoms with E-state index in [1.165, 1.54) is 13.8 Å². The lowest BCUT2D eigenvalue weighted by Gasteiger charge is -2.18. The van der Waals surface area contributed by atoms with Crippen LogP contribution in [0.3, 0.4) is 0 Å². The highest BCUT2D eigenvalue weighted by molar-refractivity contribution is 7.87. The Kier molecular flexibility index (Phi) is 4.69. The monoisotopic (exact) mass is 256 g/mol. The van der Waals surface area contributed by atoms with Crippen LogP contribution in [-0.2, 0) is 15.6 Å². The second-order valence-corrected chi connectivity index (χ2v) is 6.15. The van der Waals surface area contributed by atoms with Crippen LogP contribution in [0.5, 0.6) is 5.75 Å². The van der Waals surface area contributed by atoms with Gasteiger partial charge in [-0.05, 0) is 26.0 Å². The number of hydrogen-bond donors (Lipinski definition) is 1. The topological polar surface area (TPSA) is 63.6 Å². The fourth-order valence-corrected chi connectivity index (χ4v) is 2.04. The molecule has 1 unspecified atom stereocenters. The first kappa shape index (κ1) is 13.7. The zero-order chi connectivity index (χ0) is 12.9. The molecule has 0 aliphatic rings. The third kappa shape index (κ3) is 3.85. The van der Waals surface area contributed by atoms with Gasteiger partial charge in [-0.15, -0.1) is 0 Å². The predicted octanol–water partition coefficient (Wildman–Crippen LogP) is 1.68. The minimum absolute atomic E-state index is 0.203. The maximum atomic E-state index is 11.7. The highest BCUT2D eigenvalue weighted by Gasteiger charge is 2.34. The molecule has 94 valence electrons. The lowest BCUT2D eigenvalue weighted by atomic mass is 10.2. The van der Waals surface area contributed by atoms with Gasteiger partial charge in [0.1, 0.15) is 10.5 Å². The second kappa shape index (κ2) is 5.82. The molecular weight excluding hydrogens is 240 g/mol. The molecule has 4 nitrogen and oxygen atoms in total. The molecule has 1 aromatic carbocycles. The highest BCUT2D eigenvalue weighted by Crippen LogP contribution is 2.14. The van der Waals surface area contributed by atoms with Crippen LogP contribution in [-0.4, -0.2) is 32.4 Å². The van der Waals surface area contributed by atoms with Crippen molar-refractivity contribution in [1.29, 1.82) is 0 Å². The minimum atomic E-state index is -1.46. The van der Waals surface area contributed by atoms with Crippen molar-refractivity contribution >= 4 is 16.8 Å². The summed E-state index contributed by atoms with van der Waals surface area (Å²) in [6, 6.07) is 9.15. The third-order valence-electron chi connectivity index (χ3n) is 2.36. The fraction of sp³-hybridized carbons (Fsp3) is 0.417. The van der Waals surface area contributed by atoms with Crippen molar-refractivity contribution in [1.82, 2.24) is 0 Å². The Balaban J connectivity index is 2.42. The first-order valence-electron chi connectivity index (χ1n) is 5.24. The van der Waals surface area contributed by atoms with E-state index in [0.29, 0.717) is 5.75 Å². The van der Waals surface area contributed by atoms with Gasteiger partial charge in [-0.2, -0.15) is 0 Å². The van der Waals surface area contributed by atoms with Gasteiger partial charge < -0.3 is 9.84 Å². The van der Waals surface area contributed by atoms with E-state index in [9.17, 15) is 9.00 Å². The zero-order valence-electron chi connectivity index (χ0n) is 9.88. The summed E-state index contributed by atoms with van der Waals surface area (Å²) in [6.07, 6.45) is 0. The molecule has 0 heterocycles. The van der Waals surface area contributed by atoms with Crippen LogP contribution in [0, 0.1) is 0 Å². The second-order valence-electron chi connectivity index (χ2n) is 4.03. The van der Waals surface area contributed by atoms with Crippen molar-refractivity contribution in [2.24, 2.45) is 0 Å². The van der Waals surface area contributed by atoms with Crippen LogP contribution in [0.15, 0.2) is 30.3 Å². The van der Waals surface area contributed by atoms with Gasteiger partial charge in [0.05, 0.1) is 12.4 Å². The van der Waals surface area contributed by atoms with Gasteiger partial charge in [0.25, 0.3) is 0 Å². The molecule has 0 radical (unpaired) electrons.